The standard InChI is InChI=1S/C23H24F3N2O8PS/c1-22(2,36-37(30,31)32)11-12-35-20-19(15-7-9-18(10-8-15)38(3,33)34)14-27-28(21(20)29)17-6-4-5-16(13-17)23(24,25)26/h4-10,13-14H,11-12H2,1-3H3,(H2,30,31,32). The molecule has 1 aromatic heterocycles. The van der Waals surface area contributed by atoms with Crippen LogP contribution in [0.25, 0.3) is 16.8 Å². The van der Waals surface area contributed by atoms with E-state index in [9.17, 15) is 30.9 Å². The largest absolute Gasteiger partial charge is 0.487 e. The Morgan fingerprint density at radius 1 is 1.08 bits per heavy atom. The lowest BCUT2D eigenvalue weighted by Crippen LogP contribution is -2.28. The number of benzene rings is 2. The number of aromatic nitrogens is 2. The van der Waals surface area contributed by atoms with Gasteiger partial charge >= 0.3 is 19.6 Å². The van der Waals surface area contributed by atoms with Gasteiger partial charge in [-0.25, -0.2) is 13.0 Å². The van der Waals surface area contributed by atoms with Crippen LogP contribution >= 0.6 is 7.82 Å². The fourth-order valence-corrected chi connectivity index (χ4v) is 4.79. The Morgan fingerprint density at radius 2 is 1.71 bits per heavy atom. The molecule has 0 aliphatic rings. The van der Waals surface area contributed by atoms with Gasteiger partial charge in [0, 0.05) is 18.2 Å². The molecule has 3 rings (SSSR count). The molecule has 15 heteroatoms. The van der Waals surface area contributed by atoms with Gasteiger partial charge in [0.05, 0.1) is 34.6 Å². The first-order chi connectivity index (χ1) is 17.4. The molecular weight excluding hydrogens is 552 g/mol. The van der Waals surface area contributed by atoms with E-state index in [-0.39, 0.29) is 34.9 Å². The van der Waals surface area contributed by atoms with Crippen LogP contribution in [0, 0.1) is 0 Å². The van der Waals surface area contributed by atoms with Crippen molar-refractivity contribution in [1.29, 1.82) is 0 Å². The number of hydrogen-bond donors (Lipinski definition) is 2. The summed E-state index contributed by atoms with van der Waals surface area (Å²) in [5.41, 5.74) is -3.00. The zero-order valence-electron chi connectivity index (χ0n) is 20.3. The van der Waals surface area contributed by atoms with Gasteiger partial charge in [0.1, 0.15) is 0 Å². The van der Waals surface area contributed by atoms with Gasteiger partial charge in [-0.15, -0.1) is 0 Å². The molecular formula is C23H24F3N2O8PS. The highest BCUT2D eigenvalue weighted by Crippen LogP contribution is 2.42. The van der Waals surface area contributed by atoms with Gasteiger partial charge < -0.3 is 14.5 Å². The maximum atomic E-state index is 13.4. The Morgan fingerprint density at radius 3 is 2.26 bits per heavy atom. The lowest BCUT2D eigenvalue weighted by molar-refractivity contribution is -0.137. The number of rotatable bonds is 9. The number of phosphoric acid groups is 1. The predicted octanol–water partition coefficient (Wildman–Crippen LogP) is 3.98. The molecule has 10 nitrogen and oxygen atoms in total. The molecule has 0 unspecified atom stereocenters. The SMILES string of the molecule is CC(C)(CCOc1c(-c2ccc(S(C)(=O)=O)cc2)cnn(-c2cccc(C(F)(F)F)c2)c1=O)OP(=O)(O)O. The molecule has 0 atom stereocenters. The van der Waals surface area contributed by atoms with Crippen molar-refractivity contribution >= 4 is 17.7 Å². The first-order valence-electron chi connectivity index (χ1n) is 10.9. The monoisotopic (exact) mass is 576 g/mol. The fraction of sp³-hybridized carbons (Fsp3) is 0.304. The van der Waals surface area contributed by atoms with Crippen molar-refractivity contribution in [3.63, 3.8) is 0 Å². The third kappa shape index (κ3) is 7.51. The van der Waals surface area contributed by atoms with Crippen LogP contribution in [-0.4, -0.2) is 46.4 Å². The number of ether oxygens (including phenoxy) is 1. The van der Waals surface area contributed by atoms with Crippen molar-refractivity contribution in [2.45, 2.75) is 36.9 Å². The highest BCUT2D eigenvalue weighted by molar-refractivity contribution is 7.90. The molecule has 2 N–H and O–H groups in total. The number of hydrogen-bond acceptors (Lipinski definition) is 7. The first kappa shape index (κ1) is 29.5. The topological polar surface area (TPSA) is 145 Å². The molecule has 0 amide bonds. The molecule has 2 aromatic carbocycles. The minimum atomic E-state index is -4.82. The second kappa shape index (κ2) is 10.6. The van der Waals surface area contributed by atoms with E-state index in [1.807, 2.05) is 0 Å². The van der Waals surface area contributed by atoms with E-state index in [0.717, 1.165) is 29.1 Å². The molecule has 0 aliphatic carbocycles. The number of alkyl halides is 3. The predicted molar refractivity (Wildman–Crippen MR) is 131 cm³/mol. The molecule has 3 aromatic rings. The van der Waals surface area contributed by atoms with Gasteiger partial charge in [-0.3, -0.25) is 9.32 Å². The van der Waals surface area contributed by atoms with Gasteiger partial charge in [-0.2, -0.15) is 23.0 Å². The summed E-state index contributed by atoms with van der Waals surface area (Å²) in [5.74, 6) is -0.323. The van der Waals surface area contributed by atoms with E-state index in [1.165, 1.54) is 50.4 Å². The third-order valence-corrected chi connectivity index (χ3v) is 7.12. The second-order valence-electron chi connectivity index (χ2n) is 8.89. The minimum Gasteiger partial charge on any atom is -0.487 e. The summed E-state index contributed by atoms with van der Waals surface area (Å²) in [6.45, 7) is 2.52. The highest BCUT2D eigenvalue weighted by atomic mass is 32.2. The number of halogens is 3. The zero-order chi connectivity index (χ0) is 28.5. The molecule has 0 saturated carbocycles. The average Bonchev–Trinajstić information content (AvgIpc) is 2.77. The summed E-state index contributed by atoms with van der Waals surface area (Å²) >= 11 is 0. The van der Waals surface area contributed by atoms with Gasteiger partial charge in [0.2, 0.25) is 0 Å². The van der Waals surface area contributed by atoms with Crippen molar-refractivity contribution in [2.24, 2.45) is 0 Å². The molecule has 0 radical (unpaired) electrons. The Kier molecular flexibility index (Phi) is 8.25. The van der Waals surface area contributed by atoms with E-state index < -0.39 is 40.6 Å². The number of sulfone groups is 1. The number of phosphoric ester groups is 1. The third-order valence-electron chi connectivity index (χ3n) is 5.26. The number of nitrogens with zero attached hydrogens (tertiary/aromatic N) is 2. The molecule has 0 fully saturated rings. The fourth-order valence-electron chi connectivity index (χ4n) is 3.43. The summed E-state index contributed by atoms with van der Waals surface area (Å²) in [6, 6.07) is 9.40. The van der Waals surface area contributed by atoms with Crippen LogP contribution in [0.5, 0.6) is 5.75 Å². The molecule has 0 aliphatic heterocycles. The molecule has 0 spiro atoms. The minimum absolute atomic E-state index is 0.0188. The summed E-state index contributed by atoms with van der Waals surface area (Å²) in [7, 11) is -8.33. The lowest BCUT2D eigenvalue weighted by Gasteiger charge is -2.25. The highest BCUT2D eigenvalue weighted by Gasteiger charge is 2.31. The Balaban J connectivity index is 2.07. The van der Waals surface area contributed by atoms with E-state index >= 15 is 0 Å². The van der Waals surface area contributed by atoms with Crippen molar-refractivity contribution < 1.29 is 45.2 Å². The van der Waals surface area contributed by atoms with Gasteiger partial charge in [-0.05, 0) is 49.7 Å². The van der Waals surface area contributed by atoms with Crippen molar-refractivity contribution in [3.8, 4) is 22.6 Å². The van der Waals surface area contributed by atoms with Crippen LogP contribution in [-0.2, 0) is 25.1 Å². The Hall–Kier alpha value is -3.03. The average molecular weight is 576 g/mol. The zero-order valence-corrected chi connectivity index (χ0v) is 22.0. The van der Waals surface area contributed by atoms with Crippen LogP contribution in [0.3, 0.4) is 0 Å². The van der Waals surface area contributed by atoms with Crippen LogP contribution in [0.2, 0.25) is 0 Å². The normalized spacial score (nSPS) is 12.9. The van der Waals surface area contributed by atoms with Crippen molar-refractivity contribution in [2.75, 3.05) is 12.9 Å². The first-order valence-corrected chi connectivity index (χ1v) is 14.3. The van der Waals surface area contributed by atoms with E-state index in [1.54, 1.807) is 0 Å². The van der Waals surface area contributed by atoms with Crippen LogP contribution in [0.1, 0.15) is 25.8 Å². The van der Waals surface area contributed by atoms with Gasteiger partial charge in [0.15, 0.2) is 15.6 Å². The maximum Gasteiger partial charge on any atom is 0.470 e. The summed E-state index contributed by atoms with van der Waals surface area (Å²) in [6.07, 6.45) is -2.54. The molecule has 0 bridgehead atoms. The molecule has 38 heavy (non-hydrogen) atoms. The molecule has 0 saturated heterocycles. The molecule has 1 heterocycles. The maximum absolute atomic E-state index is 13.4. The van der Waals surface area contributed by atoms with E-state index in [0.29, 0.717) is 5.56 Å². The van der Waals surface area contributed by atoms with Gasteiger partial charge in [-0.1, -0.05) is 18.2 Å². The van der Waals surface area contributed by atoms with Gasteiger partial charge in [0.25, 0.3) is 0 Å². The Bertz CT molecular complexity index is 1530. The molecule has 206 valence electrons. The van der Waals surface area contributed by atoms with Crippen LogP contribution < -0.4 is 10.3 Å². The van der Waals surface area contributed by atoms with E-state index in [4.69, 9.17) is 19.0 Å². The lowest BCUT2D eigenvalue weighted by atomic mass is 10.1. The van der Waals surface area contributed by atoms with E-state index in [2.05, 4.69) is 5.10 Å². The summed E-state index contributed by atoms with van der Waals surface area (Å²) in [4.78, 5) is 31.6. The quantitative estimate of drug-likeness (QED) is 0.361. The Labute approximate surface area is 215 Å². The van der Waals surface area contributed by atoms with Crippen molar-refractivity contribution in [3.05, 3.63) is 70.6 Å². The van der Waals surface area contributed by atoms with Crippen LogP contribution in [0.15, 0.2) is 64.4 Å². The summed E-state index contributed by atoms with van der Waals surface area (Å²) in [5, 5.41) is 4.00. The second-order valence-corrected chi connectivity index (χ2v) is 12.1. The smallest absolute Gasteiger partial charge is 0.470 e. The summed E-state index contributed by atoms with van der Waals surface area (Å²) < 4.78 is 85.6. The van der Waals surface area contributed by atoms with Crippen LogP contribution in [0.4, 0.5) is 13.2 Å². The van der Waals surface area contributed by atoms with Crippen molar-refractivity contribution in [1.82, 2.24) is 9.78 Å².